The highest BCUT2D eigenvalue weighted by Crippen LogP contribution is 2.26. The fourth-order valence-electron chi connectivity index (χ4n) is 2.20. The third-order valence-corrected chi connectivity index (χ3v) is 3.42. The molecule has 0 fully saturated rings. The van der Waals surface area contributed by atoms with Crippen molar-refractivity contribution in [2.75, 3.05) is 19.5 Å². The lowest BCUT2D eigenvalue weighted by molar-refractivity contribution is -0.384. The summed E-state index contributed by atoms with van der Waals surface area (Å²) in [6.45, 7) is 1.85. The van der Waals surface area contributed by atoms with Gasteiger partial charge in [-0.2, -0.15) is 0 Å². The number of nitrogens with one attached hydrogen (secondary N) is 1. The maximum Gasteiger partial charge on any atom is 0.338 e. The van der Waals surface area contributed by atoms with Crippen molar-refractivity contribution in [2.24, 2.45) is 0 Å². The number of hydrogen-bond acceptors (Lipinski definition) is 6. The number of carbonyl (C=O) groups excluding carboxylic acids is 2. The number of methoxy groups -OCH3 is 2. The maximum absolute atomic E-state index is 12.5. The molecule has 8 nitrogen and oxygen atoms in total. The molecule has 0 radical (unpaired) electrons. The van der Waals surface area contributed by atoms with Crippen LogP contribution in [0.25, 0.3) is 0 Å². The average Bonchev–Trinajstić information content (AvgIpc) is 2.60. The van der Waals surface area contributed by atoms with E-state index in [2.05, 4.69) is 10.1 Å². The molecule has 0 saturated heterocycles. The number of carbonyl (C=O) groups is 2. The van der Waals surface area contributed by atoms with E-state index in [9.17, 15) is 19.7 Å². The number of ether oxygens (including phenoxy) is 2. The van der Waals surface area contributed by atoms with Crippen molar-refractivity contribution in [1.29, 1.82) is 0 Å². The predicted molar refractivity (Wildman–Crippen MR) is 90.1 cm³/mol. The van der Waals surface area contributed by atoms with Crippen molar-refractivity contribution >= 4 is 23.3 Å². The monoisotopic (exact) mass is 344 g/mol. The van der Waals surface area contributed by atoms with Gasteiger partial charge in [0.25, 0.3) is 11.6 Å². The molecule has 1 amide bonds. The molecular formula is C17H16N2O6. The topological polar surface area (TPSA) is 108 Å². The first-order valence-electron chi connectivity index (χ1n) is 7.19. The summed E-state index contributed by atoms with van der Waals surface area (Å²) >= 11 is 0. The van der Waals surface area contributed by atoms with Crippen LogP contribution in [0.3, 0.4) is 0 Å². The Morgan fingerprint density at radius 1 is 1.08 bits per heavy atom. The van der Waals surface area contributed by atoms with E-state index in [4.69, 9.17) is 4.74 Å². The molecule has 0 spiro atoms. The van der Waals surface area contributed by atoms with Gasteiger partial charge in [-0.05, 0) is 30.7 Å². The minimum absolute atomic E-state index is 0.0434. The molecule has 0 aliphatic rings. The smallest absolute Gasteiger partial charge is 0.338 e. The zero-order valence-corrected chi connectivity index (χ0v) is 13.9. The highest BCUT2D eigenvalue weighted by Gasteiger charge is 2.19. The molecular weight excluding hydrogens is 328 g/mol. The Hall–Kier alpha value is -3.42. The van der Waals surface area contributed by atoms with Crippen LogP contribution in [0.2, 0.25) is 0 Å². The Morgan fingerprint density at radius 3 is 2.36 bits per heavy atom. The first kappa shape index (κ1) is 17.9. The number of non-ortho nitro benzene ring substituents is 1. The lowest BCUT2D eigenvalue weighted by Gasteiger charge is -2.11. The second kappa shape index (κ2) is 7.43. The van der Waals surface area contributed by atoms with E-state index in [1.165, 1.54) is 13.2 Å². The van der Waals surface area contributed by atoms with Gasteiger partial charge in [0.2, 0.25) is 0 Å². The summed E-state index contributed by atoms with van der Waals surface area (Å²) in [7, 11) is 2.61. The zero-order chi connectivity index (χ0) is 18.6. The van der Waals surface area contributed by atoms with E-state index in [0.717, 1.165) is 24.8 Å². The van der Waals surface area contributed by atoms with Gasteiger partial charge >= 0.3 is 5.97 Å². The first-order chi connectivity index (χ1) is 11.8. The number of nitro benzene ring substituents is 1. The summed E-state index contributed by atoms with van der Waals surface area (Å²) < 4.78 is 9.74. The van der Waals surface area contributed by atoms with Gasteiger partial charge in [-0.3, -0.25) is 14.9 Å². The zero-order valence-electron chi connectivity index (χ0n) is 13.9. The molecule has 25 heavy (non-hydrogen) atoms. The van der Waals surface area contributed by atoms with Crippen LogP contribution in [0.15, 0.2) is 36.4 Å². The van der Waals surface area contributed by atoms with Crippen LogP contribution in [-0.2, 0) is 4.74 Å². The molecule has 0 heterocycles. The van der Waals surface area contributed by atoms with Crippen molar-refractivity contribution in [3.63, 3.8) is 0 Å². The van der Waals surface area contributed by atoms with Gasteiger partial charge in [-0.25, -0.2) is 4.79 Å². The minimum Gasteiger partial charge on any atom is -0.495 e. The molecule has 2 aromatic rings. The summed E-state index contributed by atoms with van der Waals surface area (Å²) in [5, 5.41) is 13.7. The number of esters is 1. The number of hydrogen-bond donors (Lipinski definition) is 1. The highest BCUT2D eigenvalue weighted by molar-refractivity contribution is 6.07. The largest absolute Gasteiger partial charge is 0.495 e. The summed E-state index contributed by atoms with van der Waals surface area (Å²) in [4.78, 5) is 34.5. The number of nitro groups is 1. The second-order valence-electron chi connectivity index (χ2n) is 5.18. The van der Waals surface area contributed by atoms with Crippen LogP contribution in [0.5, 0.6) is 5.75 Å². The molecule has 0 atom stereocenters. The molecule has 0 aliphatic heterocycles. The summed E-state index contributed by atoms with van der Waals surface area (Å²) in [6.07, 6.45) is 0. The van der Waals surface area contributed by atoms with E-state index in [-0.39, 0.29) is 16.8 Å². The molecule has 0 aliphatic carbocycles. The minimum atomic E-state index is -0.772. The number of nitrogens with zero attached hydrogens (tertiary/aromatic N) is 1. The van der Waals surface area contributed by atoms with Crippen LogP contribution in [0.1, 0.15) is 26.3 Å². The fourth-order valence-corrected chi connectivity index (χ4v) is 2.20. The molecule has 0 saturated carbocycles. The number of anilines is 1. The number of benzene rings is 2. The van der Waals surface area contributed by atoms with Crippen LogP contribution in [0, 0.1) is 17.0 Å². The Bertz CT molecular complexity index is 847. The maximum atomic E-state index is 12.5. The van der Waals surface area contributed by atoms with E-state index in [1.807, 2.05) is 13.0 Å². The molecule has 2 rings (SSSR count). The van der Waals surface area contributed by atoms with Crippen molar-refractivity contribution < 1.29 is 24.0 Å². The Morgan fingerprint density at radius 2 is 1.76 bits per heavy atom. The van der Waals surface area contributed by atoms with Gasteiger partial charge in [-0.15, -0.1) is 0 Å². The Kier molecular flexibility index (Phi) is 5.33. The van der Waals surface area contributed by atoms with Crippen LogP contribution < -0.4 is 10.1 Å². The molecule has 8 heteroatoms. The molecule has 0 bridgehead atoms. The summed E-state index contributed by atoms with van der Waals surface area (Å²) in [5.74, 6) is -0.943. The van der Waals surface area contributed by atoms with Crippen LogP contribution >= 0.6 is 0 Å². The van der Waals surface area contributed by atoms with E-state index in [1.54, 1.807) is 12.1 Å². The van der Waals surface area contributed by atoms with Crippen molar-refractivity contribution in [3.8, 4) is 5.75 Å². The molecule has 0 unspecified atom stereocenters. The molecule has 1 N–H and O–H groups in total. The van der Waals surface area contributed by atoms with Gasteiger partial charge in [-0.1, -0.05) is 6.07 Å². The number of rotatable bonds is 5. The van der Waals surface area contributed by atoms with Gasteiger partial charge in [0.15, 0.2) is 0 Å². The highest BCUT2D eigenvalue weighted by atomic mass is 16.6. The van der Waals surface area contributed by atoms with E-state index in [0.29, 0.717) is 11.4 Å². The molecule has 2 aromatic carbocycles. The fraction of sp³-hybridized carbons (Fsp3) is 0.176. The third kappa shape index (κ3) is 4.11. The molecule has 130 valence electrons. The quantitative estimate of drug-likeness (QED) is 0.507. The molecule has 0 aromatic heterocycles. The SMILES string of the molecule is COC(=O)c1cc(C(=O)Nc2cc(C)ccc2OC)cc([N+](=O)[O-])c1. The predicted octanol–water partition coefficient (Wildman–Crippen LogP) is 2.95. The van der Waals surface area contributed by atoms with Crippen molar-refractivity contribution in [1.82, 2.24) is 0 Å². The lowest BCUT2D eigenvalue weighted by Crippen LogP contribution is -2.14. The van der Waals surface area contributed by atoms with E-state index < -0.39 is 16.8 Å². The average molecular weight is 344 g/mol. The summed E-state index contributed by atoms with van der Waals surface area (Å²) in [6, 6.07) is 8.58. The van der Waals surface area contributed by atoms with Gasteiger partial charge in [0.1, 0.15) is 5.75 Å². The van der Waals surface area contributed by atoms with Crippen molar-refractivity contribution in [3.05, 3.63) is 63.2 Å². The first-order valence-corrected chi connectivity index (χ1v) is 7.19. The van der Waals surface area contributed by atoms with Crippen LogP contribution in [-0.4, -0.2) is 31.0 Å². The number of aryl methyl sites for hydroxylation is 1. The standard InChI is InChI=1S/C17H16N2O6/c1-10-4-5-15(24-2)14(6-10)18-16(20)11-7-12(17(21)25-3)9-13(8-11)19(22)23/h4-9H,1-3H3,(H,18,20). The summed E-state index contributed by atoms with van der Waals surface area (Å²) in [5.41, 5.74) is 0.796. The Labute approximate surface area is 143 Å². The van der Waals surface area contributed by atoms with E-state index >= 15 is 0 Å². The lowest BCUT2D eigenvalue weighted by atomic mass is 10.1. The second-order valence-corrected chi connectivity index (χ2v) is 5.18. The number of amides is 1. The van der Waals surface area contributed by atoms with Gasteiger partial charge < -0.3 is 14.8 Å². The van der Waals surface area contributed by atoms with Gasteiger partial charge in [0.05, 0.1) is 30.4 Å². The van der Waals surface area contributed by atoms with Crippen LogP contribution in [0.4, 0.5) is 11.4 Å². The third-order valence-electron chi connectivity index (χ3n) is 3.42. The van der Waals surface area contributed by atoms with Gasteiger partial charge in [0, 0.05) is 17.7 Å². The normalized spacial score (nSPS) is 10.0. The Balaban J connectivity index is 2.42. The van der Waals surface area contributed by atoms with Crippen molar-refractivity contribution in [2.45, 2.75) is 6.92 Å².